The van der Waals surface area contributed by atoms with E-state index in [1.807, 2.05) is 50.2 Å². The summed E-state index contributed by atoms with van der Waals surface area (Å²) in [6, 6.07) is 14.6. The van der Waals surface area contributed by atoms with Crippen LogP contribution in [0.15, 0.2) is 48.5 Å². The van der Waals surface area contributed by atoms with Gasteiger partial charge in [-0.05, 0) is 50.1 Å². The predicted molar refractivity (Wildman–Crippen MR) is 114 cm³/mol. The summed E-state index contributed by atoms with van der Waals surface area (Å²) in [4.78, 5) is 23.7. The van der Waals surface area contributed by atoms with Gasteiger partial charge in [-0.1, -0.05) is 24.3 Å². The van der Waals surface area contributed by atoms with Crippen molar-refractivity contribution in [2.75, 3.05) is 31.6 Å². The Morgan fingerprint density at radius 3 is 2.31 bits per heavy atom. The number of rotatable bonds is 11. The smallest absolute Gasteiger partial charge is 0.319 e. The van der Waals surface area contributed by atoms with Crippen LogP contribution in [-0.4, -0.2) is 38.2 Å². The summed E-state index contributed by atoms with van der Waals surface area (Å²) >= 11 is 0. The number of hydrogen-bond acceptors (Lipinski definition) is 4. The number of carbonyl (C=O) groups is 2. The Bertz CT molecular complexity index is 781. The molecular formula is C22H29N3O4. The maximum absolute atomic E-state index is 12.0. The maximum Gasteiger partial charge on any atom is 0.319 e. The Hall–Kier alpha value is -3.22. The summed E-state index contributed by atoms with van der Waals surface area (Å²) in [6.45, 7) is 5.77. The Labute approximate surface area is 171 Å². The lowest BCUT2D eigenvalue weighted by Gasteiger charge is -2.12. The lowest BCUT2D eigenvalue weighted by molar-refractivity contribution is -0.120. The van der Waals surface area contributed by atoms with Gasteiger partial charge in [0.2, 0.25) is 5.91 Å². The minimum absolute atomic E-state index is 0.110. The molecule has 0 aliphatic rings. The summed E-state index contributed by atoms with van der Waals surface area (Å²) in [6.07, 6.45) is 0.899. The zero-order valence-corrected chi connectivity index (χ0v) is 17.0. The first-order valence-corrected chi connectivity index (χ1v) is 9.87. The topological polar surface area (TPSA) is 88.7 Å². The van der Waals surface area contributed by atoms with Crippen molar-refractivity contribution in [1.82, 2.24) is 10.6 Å². The fourth-order valence-electron chi connectivity index (χ4n) is 2.67. The first-order valence-electron chi connectivity index (χ1n) is 9.87. The number of ether oxygens (including phenoxy) is 2. The summed E-state index contributed by atoms with van der Waals surface area (Å²) in [5.41, 5.74) is 1.76. The van der Waals surface area contributed by atoms with Crippen LogP contribution in [0, 0.1) is 0 Å². The molecule has 0 saturated heterocycles. The third kappa shape index (κ3) is 8.13. The van der Waals surface area contributed by atoms with Crippen molar-refractivity contribution in [3.05, 3.63) is 54.1 Å². The highest BCUT2D eigenvalue weighted by Crippen LogP contribution is 2.28. The van der Waals surface area contributed by atoms with Gasteiger partial charge in [0.1, 0.15) is 0 Å². The molecule has 0 spiro atoms. The van der Waals surface area contributed by atoms with Crippen LogP contribution in [0.4, 0.5) is 10.5 Å². The molecule has 0 atom stereocenters. The highest BCUT2D eigenvalue weighted by molar-refractivity contribution is 5.89. The van der Waals surface area contributed by atoms with E-state index in [0.29, 0.717) is 37.6 Å². The van der Waals surface area contributed by atoms with Crippen LogP contribution in [0.3, 0.4) is 0 Å². The van der Waals surface area contributed by atoms with Gasteiger partial charge in [-0.25, -0.2) is 4.79 Å². The van der Waals surface area contributed by atoms with Crippen LogP contribution in [0.2, 0.25) is 0 Å². The lowest BCUT2D eigenvalue weighted by atomic mass is 10.1. The van der Waals surface area contributed by atoms with Crippen molar-refractivity contribution < 1.29 is 19.1 Å². The molecule has 3 amide bonds. The number of urea groups is 1. The molecule has 2 rings (SSSR count). The van der Waals surface area contributed by atoms with Gasteiger partial charge in [-0.3, -0.25) is 4.79 Å². The molecule has 156 valence electrons. The van der Waals surface area contributed by atoms with Crippen LogP contribution in [0.5, 0.6) is 11.5 Å². The van der Waals surface area contributed by atoms with Gasteiger partial charge in [0, 0.05) is 25.2 Å². The van der Waals surface area contributed by atoms with E-state index in [2.05, 4.69) is 16.0 Å². The standard InChI is InChI=1S/C22H29N3O4/c1-3-28-19-11-10-17(16-20(19)29-4-2)12-14-23-21(26)13-15-24-22(27)25-18-8-6-5-7-9-18/h5-11,16H,3-4,12-15H2,1-2H3,(H,23,26)(H2,24,25,27). The van der Waals surface area contributed by atoms with Crippen molar-refractivity contribution >= 4 is 17.6 Å². The second kappa shape index (κ2) is 12.3. The molecule has 0 aliphatic carbocycles. The van der Waals surface area contributed by atoms with Gasteiger partial charge in [0.05, 0.1) is 13.2 Å². The zero-order chi connectivity index (χ0) is 20.9. The van der Waals surface area contributed by atoms with E-state index in [-0.39, 0.29) is 24.9 Å². The number of benzene rings is 2. The molecule has 2 aromatic carbocycles. The minimum atomic E-state index is -0.332. The molecule has 0 heterocycles. The van der Waals surface area contributed by atoms with E-state index in [4.69, 9.17) is 9.47 Å². The summed E-state index contributed by atoms with van der Waals surface area (Å²) in [5.74, 6) is 1.33. The number of carbonyl (C=O) groups excluding carboxylic acids is 2. The minimum Gasteiger partial charge on any atom is -0.490 e. The number of nitrogens with one attached hydrogen (secondary N) is 3. The number of amides is 3. The van der Waals surface area contributed by atoms with E-state index >= 15 is 0 Å². The monoisotopic (exact) mass is 399 g/mol. The first-order chi connectivity index (χ1) is 14.1. The van der Waals surface area contributed by atoms with E-state index in [1.165, 1.54) is 0 Å². The second-order valence-electron chi connectivity index (χ2n) is 6.24. The molecule has 0 bridgehead atoms. The van der Waals surface area contributed by atoms with Gasteiger partial charge in [0.25, 0.3) is 0 Å². The average molecular weight is 399 g/mol. The zero-order valence-electron chi connectivity index (χ0n) is 17.0. The third-order valence-corrected chi connectivity index (χ3v) is 4.01. The lowest BCUT2D eigenvalue weighted by Crippen LogP contribution is -2.33. The molecule has 0 fully saturated rings. The Morgan fingerprint density at radius 2 is 1.59 bits per heavy atom. The molecule has 29 heavy (non-hydrogen) atoms. The van der Waals surface area contributed by atoms with Crippen molar-refractivity contribution in [1.29, 1.82) is 0 Å². The molecule has 7 heteroatoms. The Kier molecular flexibility index (Phi) is 9.35. The molecule has 0 aromatic heterocycles. The van der Waals surface area contributed by atoms with Crippen LogP contribution >= 0.6 is 0 Å². The predicted octanol–water partition coefficient (Wildman–Crippen LogP) is 3.35. The van der Waals surface area contributed by atoms with Gasteiger partial charge >= 0.3 is 6.03 Å². The van der Waals surface area contributed by atoms with Crippen molar-refractivity contribution in [2.24, 2.45) is 0 Å². The summed E-state index contributed by atoms with van der Waals surface area (Å²) < 4.78 is 11.2. The molecule has 0 aliphatic heterocycles. The second-order valence-corrected chi connectivity index (χ2v) is 6.24. The van der Waals surface area contributed by atoms with E-state index in [0.717, 1.165) is 11.3 Å². The average Bonchev–Trinajstić information content (AvgIpc) is 2.71. The maximum atomic E-state index is 12.0. The van der Waals surface area contributed by atoms with Crippen molar-refractivity contribution in [3.8, 4) is 11.5 Å². The number of hydrogen-bond donors (Lipinski definition) is 3. The summed E-state index contributed by atoms with van der Waals surface area (Å²) in [5, 5.41) is 8.24. The molecule has 3 N–H and O–H groups in total. The van der Waals surface area contributed by atoms with Crippen LogP contribution in [-0.2, 0) is 11.2 Å². The third-order valence-electron chi connectivity index (χ3n) is 4.01. The van der Waals surface area contributed by atoms with Crippen molar-refractivity contribution in [3.63, 3.8) is 0 Å². The summed E-state index contributed by atoms with van der Waals surface area (Å²) in [7, 11) is 0. The molecule has 0 unspecified atom stereocenters. The van der Waals surface area contributed by atoms with Gasteiger partial charge < -0.3 is 25.4 Å². The van der Waals surface area contributed by atoms with E-state index < -0.39 is 0 Å². The number of anilines is 1. The van der Waals surface area contributed by atoms with E-state index in [1.54, 1.807) is 12.1 Å². The first kappa shape index (κ1) is 22.1. The molecule has 0 radical (unpaired) electrons. The normalized spacial score (nSPS) is 10.1. The van der Waals surface area contributed by atoms with Gasteiger partial charge in [-0.15, -0.1) is 0 Å². The van der Waals surface area contributed by atoms with Crippen LogP contribution < -0.4 is 25.4 Å². The fourth-order valence-corrected chi connectivity index (χ4v) is 2.67. The van der Waals surface area contributed by atoms with E-state index in [9.17, 15) is 9.59 Å². The highest BCUT2D eigenvalue weighted by atomic mass is 16.5. The molecule has 0 saturated carbocycles. The van der Waals surface area contributed by atoms with Crippen molar-refractivity contribution in [2.45, 2.75) is 26.7 Å². The van der Waals surface area contributed by atoms with Gasteiger partial charge in [-0.2, -0.15) is 0 Å². The number of para-hydroxylation sites is 1. The highest BCUT2D eigenvalue weighted by Gasteiger charge is 2.07. The van der Waals surface area contributed by atoms with Gasteiger partial charge in [0.15, 0.2) is 11.5 Å². The molecule has 7 nitrogen and oxygen atoms in total. The Balaban J connectivity index is 1.67. The fraction of sp³-hybridized carbons (Fsp3) is 0.364. The quantitative estimate of drug-likeness (QED) is 0.541. The Morgan fingerprint density at radius 1 is 0.862 bits per heavy atom. The molecular weight excluding hydrogens is 370 g/mol. The largest absolute Gasteiger partial charge is 0.490 e. The SMILES string of the molecule is CCOc1ccc(CCNC(=O)CCNC(=O)Nc2ccccc2)cc1OCC. The van der Waals surface area contributed by atoms with Crippen LogP contribution in [0.1, 0.15) is 25.8 Å². The van der Waals surface area contributed by atoms with Crippen LogP contribution in [0.25, 0.3) is 0 Å². The molecule has 2 aromatic rings.